The number of nitrogens with zero attached hydrogens (tertiary/aromatic N) is 3. The van der Waals surface area contributed by atoms with Gasteiger partial charge in [-0.2, -0.15) is 5.26 Å². The fraction of sp³-hybridized carbons (Fsp3) is 0.310. The fourth-order valence-corrected chi connectivity index (χ4v) is 4.13. The molecule has 6 heteroatoms. The maximum atomic E-state index is 12.9. The number of aromatic nitrogens is 1. The maximum absolute atomic E-state index is 12.9. The Morgan fingerprint density at radius 2 is 1.80 bits per heavy atom. The highest BCUT2D eigenvalue weighted by Gasteiger charge is 2.32. The third-order valence-corrected chi connectivity index (χ3v) is 5.99. The van der Waals surface area contributed by atoms with E-state index in [1.165, 1.54) is 4.90 Å². The minimum atomic E-state index is -1.01. The largest absolute Gasteiger partial charge is 0.480 e. The minimum Gasteiger partial charge on any atom is -0.480 e. The van der Waals surface area contributed by atoms with Crippen molar-refractivity contribution in [2.24, 2.45) is 5.92 Å². The van der Waals surface area contributed by atoms with Crippen molar-refractivity contribution in [2.75, 3.05) is 0 Å². The van der Waals surface area contributed by atoms with Crippen molar-refractivity contribution in [1.82, 2.24) is 9.88 Å². The van der Waals surface area contributed by atoms with Gasteiger partial charge in [0, 0.05) is 24.7 Å². The number of unbranched alkanes of at least 4 members (excludes halogenated alkanes) is 1. The van der Waals surface area contributed by atoms with Gasteiger partial charge in [0.05, 0.1) is 17.3 Å². The van der Waals surface area contributed by atoms with Crippen LogP contribution in [0.5, 0.6) is 0 Å². The van der Waals surface area contributed by atoms with Crippen LogP contribution in [0.1, 0.15) is 51.2 Å². The SMILES string of the molecule is CCCCC(=O)N(Cc1ccc(-c2cc(-c3ccccc3)ccc2C#N)nc1)C(C(=O)O)C(C)C. The highest BCUT2D eigenvalue weighted by Crippen LogP contribution is 2.29. The van der Waals surface area contributed by atoms with E-state index in [9.17, 15) is 20.0 Å². The lowest BCUT2D eigenvalue weighted by Crippen LogP contribution is -2.47. The zero-order valence-corrected chi connectivity index (χ0v) is 20.4. The number of benzene rings is 2. The summed E-state index contributed by atoms with van der Waals surface area (Å²) in [5, 5.41) is 19.4. The van der Waals surface area contributed by atoms with E-state index < -0.39 is 12.0 Å². The summed E-state index contributed by atoms with van der Waals surface area (Å²) in [6.07, 6.45) is 3.55. The molecule has 0 aliphatic heterocycles. The highest BCUT2D eigenvalue weighted by atomic mass is 16.4. The monoisotopic (exact) mass is 469 g/mol. The molecule has 180 valence electrons. The topological polar surface area (TPSA) is 94.3 Å². The average Bonchev–Trinajstić information content (AvgIpc) is 2.87. The van der Waals surface area contributed by atoms with Gasteiger partial charge in [0.2, 0.25) is 5.91 Å². The molecule has 0 saturated carbocycles. The van der Waals surface area contributed by atoms with Gasteiger partial charge in [-0.05, 0) is 47.2 Å². The Morgan fingerprint density at radius 3 is 2.37 bits per heavy atom. The predicted molar refractivity (Wildman–Crippen MR) is 136 cm³/mol. The molecule has 35 heavy (non-hydrogen) atoms. The number of hydrogen-bond donors (Lipinski definition) is 1. The Balaban J connectivity index is 1.91. The number of carbonyl (C=O) groups is 2. The van der Waals surface area contributed by atoms with Crippen molar-refractivity contribution >= 4 is 11.9 Å². The van der Waals surface area contributed by atoms with Gasteiger partial charge < -0.3 is 10.0 Å². The van der Waals surface area contributed by atoms with E-state index in [0.717, 1.165) is 28.7 Å². The van der Waals surface area contributed by atoms with E-state index in [1.807, 2.05) is 75.4 Å². The molecule has 2 aromatic carbocycles. The summed E-state index contributed by atoms with van der Waals surface area (Å²) in [5.74, 6) is -1.41. The Labute approximate surface area is 206 Å². The van der Waals surface area contributed by atoms with Crippen LogP contribution >= 0.6 is 0 Å². The van der Waals surface area contributed by atoms with E-state index in [4.69, 9.17) is 0 Å². The number of carbonyl (C=O) groups excluding carboxylic acids is 1. The molecule has 0 radical (unpaired) electrons. The number of nitriles is 1. The third kappa shape index (κ3) is 6.33. The van der Waals surface area contributed by atoms with Gasteiger partial charge in [0.25, 0.3) is 0 Å². The van der Waals surface area contributed by atoms with Gasteiger partial charge in [-0.15, -0.1) is 0 Å². The van der Waals surface area contributed by atoms with Gasteiger partial charge >= 0.3 is 5.97 Å². The number of pyridine rings is 1. The highest BCUT2D eigenvalue weighted by molar-refractivity contribution is 5.84. The van der Waals surface area contributed by atoms with Crippen molar-refractivity contribution in [3.05, 3.63) is 78.0 Å². The number of rotatable bonds is 10. The summed E-state index contributed by atoms with van der Waals surface area (Å²) in [4.78, 5) is 30.9. The lowest BCUT2D eigenvalue weighted by Gasteiger charge is -2.31. The molecule has 0 saturated heterocycles. The molecule has 0 aliphatic rings. The van der Waals surface area contributed by atoms with Crippen LogP contribution in [-0.2, 0) is 16.1 Å². The molecule has 3 aromatic rings. The van der Waals surface area contributed by atoms with Gasteiger partial charge in [0.1, 0.15) is 6.04 Å². The van der Waals surface area contributed by atoms with Crippen LogP contribution in [0, 0.1) is 17.2 Å². The van der Waals surface area contributed by atoms with Crippen LogP contribution in [0.15, 0.2) is 66.9 Å². The molecule has 1 aromatic heterocycles. The average molecular weight is 470 g/mol. The summed E-state index contributed by atoms with van der Waals surface area (Å²) >= 11 is 0. The molecule has 6 nitrogen and oxygen atoms in total. The first-order valence-electron chi connectivity index (χ1n) is 11.9. The van der Waals surface area contributed by atoms with Crippen LogP contribution in [0.3, 0.4) is 0 Å². The smallest absolute Gasteiger partial charge is 0.326 e. The first-order valence-corrected chi connectivity index (χ1v) is 11.9. The second kappa shape index (κ2) is 11.9. The molecule has 1 amide bonds. The van der Waals surface area contributed by atoms with Crippen molar-refractivity contribution in [1.29, 1.82) is 5.26 Å². The summed E-state index contributed by atoms with van der Waals surface area (Å²) in [7, 11) is 0. The molecule has 1 atom stereocenters. The van der Waals surface area contributed by atoms with Gasteiger partial charge in [-0.3, -0.25) is 9.78 Å². The minimum absolute atomic E-state index is 0.167. The standard InChI is InChI=1S/C29H31N3O3/c1-4-5-11-27(33)32(28(20(2)3)29(34)35)19-21-12-15-26(31-18-21)25-16-23(13-14-24(25)17-30)22-9-7-6-8-10-22/h6-10,12-16,18,20,28H,4-5,11,19H2,1-3H3,(H,34,35). The second-order valence-corrected chi connectivity index (χ2v) is 8.94. The predicted octanol–water partition coefficient (Wildman–Crippen LogP) is 5.92. The van der Waals surface area contributed by atoms with Crippen LogP contribution in [0.25, 0.3) is 22.4 Å². The first kappa shape index (κ1) is 25.6. The first-order chi connectivity index (χ1) is 16.8. The van der Waals surface area contributed by atoms with E-state index >= 15 is 0 Å². The van der Waals surface area contributed by atoms with E-state index in [-0.39, 0.29) is 18.4 Å². The van der Waals surface area contributed by atoms with Gasteiger partial charge in [-0.1, -0.05) is 69.7 Å². The van der Waals surface area contributed by atoms with Crippen LogP contribution < -0.4 is 0 Å². The molecule has 0 fully saturated rings. The zero-order valence-electron chi connectivity index (χ0n) is 20.4. The van der Waals surface area contributed by atoms with Crippen LogP contribution in [-0.4, -0.2) is 32.9 Å². The molecule has 1 heterocycles. The quantitative estimate of drug-likeness (QED) is 0.398. The van der Waals surface area contributed by atoms with Gasteiger partial charge in [0.15, 0.2) is 0 Å². The molecule has 3 rings (SSSR count). The Bertz CT molecular complexity index is 1200. The van der Waals surface area contributed by atoms with E-state index in [2.05, 4.69) is 11.1 Å². The van der Waals surface area contributed by atoms with Crippen LogP contribution in [0.2, 0.25) is 0 Å². The number of amides is 1. The number of hydrogen-bond acceptors (Lipinski definition) is 4. The normalized spacial score (nSPS) is 11.6. The fourth-order valence-electron chi connectivity index (χ4n) is 4.13. The maximum Gasteiger partial charge on any atom is 0.326 e. The number of carboxylic acid groups (broad SMARTS) is 1. The molecule has 0 spiro atoms. The molecule has 1 N–H and O–H groups in total. The lowest BCUT2D eigenvalue weighted by molar-refractivity contribution is -0.153. The van der Waals surface area contributed by atoms with Crippen LogP contribution in [0.4, 0.5) is 0 Å². The Kier molecular flexibility index (Phi) is 8.74. The summed E-state index contributed by atoms with van der Waals surface area (Å²) < 4.78 is 0. The lowest BCUT2D eigenvalue weighted by atomic mass is 9.97. The Hall–Kier alpha value is -3.98. The number of carboxylic acids is 1. The van der Waals surface area contributed by atoms with E-state index in [1.54, 1.807) is 12.3 Å². The molecule has 1 unspecified atom stereocenters. The van der Waals surface area contributed by atoms with Crippen molar-refractivity contribution < 1.29 is 14.7 Å². The molecule has 0 bridgehead atoms. The number of aliphatic carboxylic acids is 1. The summed E-state index contributed by atoms with van der Waals surface area (Å²) in [6, 6.07) is 20.6. The molecule has 0 aliphatic carbocycles. The van der Waals surface area contributed by atoms with Crippen molar-refractivity contribution in [3.63, 3.8) is 0 Å². The van der Waals surface area contributed by atoms with Crippen molar-refractivity contribution in [3.8, 4) is 28.5 Å². The second-order valence-electron chi connectivity index (χ2n) is 8.94. The third-order valence-electron chi connectivity index (χ3n) is 5.99. The summed E-state index contributed by atoms with van der Waals surface area (Å²) in [5.41, 5.74) is 4.66. The Morgan fingerprint density at radius 1 is 1.06 bits per heavy atom. The van der Waals surface area contributed by atoms with E-state index in [0.29, 0.717) is 24.1 Å². The summed E-state index contributed by atoms with van der Waals surface area (Å²) in [6.45, 7) is 5.78. The molecular weight excluding hydrogens is 438 g/mol. The van der Waals surface area contributed by atoms with Crippen molar-refractivity contribution in [2.45, 2.75) is 52.6 Å². The molecular formula is C29H31N3O3. The van der Waals surface area contributed by atoms with Gasteiger partial charge in [-0.25, -0.2) is 4.79 Å². The zero-order chi connectivity index (χ0) is 25.4.